The van der Waals surface area contributed by atoms with Crippen molar-refractivity contribution in [1.82, 2.24) is 10.3 Å². The number of ether oxygens (including phenoxy) is 2. The molecule has 2 saturated carbocycles. The van der Waals surface area contributed by atoms with Gasteiger partial charge in [-0.1, -0.05) is 41.5 Å². The highest BCUT2D eigenvalue weighted by Gasteiger charge is 2.38. The lowest BCUT2D eigenvalue weighted by atomic mass is 9.75. The molecule has 0 radical (unpaired) electrons. The summed E-state index contributed by atoms with van der Waals surface area (Å²) in [6.45, 7) is 17.8. The lowest BCUT2D eigenvalue weighted by Crippen LogP contribution is -2.38. The fraction of sp³-hybridized carbons (Fsp3) is 0.629. The second-order valence-electron chi connectivity index (χ2n) is 13.9. The van der Waals surface area contributed by atoms with Gasteiger partial charge in [0.1, 0.15) is 41.3 Å². The SMILES string of the molecule is CC(=O)Nc1[nH]c(C=C2NC(=NCC=O)C(C(=O)OC3C(C)CC(C)CC3C)=C2C)c(C)c1C(=O)OC1C(C)CC(C)CC1C. The first kappa shape index (κ1) is 34.2. The van der Waals surface area contributed by atoms with Crippen LogP contribution in [0.25, 0.3) is 6.08 Å². The molecule has 4 unspecified atom stereocenters. The van der Waals surface area contributed by atoms with E-state index in [2.05, 4.69) is 62.2 Å². The molecule has 0 spiro atoms. The van der Waals surface area contributed by atoms with E-state index in [9.17, 15) is 19.2 Å². The van der Waals surface area contributed by atoms with Gasteiger partial charge in [0.05, 0.1) is 6.54 Å². The number of hydrogen-bond donors (Lipinski definition) is 3. The Kier molecular flexibility index (Phi) is 10.8. The summed E-state index contributed by atoms with van der Waals surface area (Å²) in [5, 5.41) is 5.93. The first-order valence-corrected chi connectivity index (χ1v) is 16.3. The number of aromatic amines is 1. The first-order valence-electron chi connectivity index (χ1n) is 16.3. The summed E-state index contributed by atoms with van der Waals surface area (Å²) in [7, 11) is 0. The molecule has 4 rings (SSSR count). The van der Waals surface area contributed by atoms with Crippen molar-refractivity contribution in [1.29, 1.82) is 0 Å². The van der Waals surface area contributed by atoms with Gasteiger partial charge in [0.15, 0.2) is 0 Å². The zero-order chi connectivity index (χ0) is 33.2. The molecular weight excluding hydrogens is 572 g/mol. The van der Waals surface area contributed by atoms with Gasteiger partial charge in [-0.25, -0.2) is 9.59 Å². The van der Waals surface area contributed by atoms with E-state index < -0.39 is 11.9 Å². The van der Waals surface area contributed by atoms with E-state index in [1.807, 2.05) is 0 Å². The Morgan fingerprint density at radius 1 is 0.867 bits per heavy atom. The summed E-state index contributed by atoms with van der Waals surface area (Å²) in [4.78, 5) is 58.1. The number of H-pyrrole nitrogens is 1. The molecule has 0 aromatic carbocycles. The Bertz CT molecular complexity index is 1400. The van der Waals surface area contributed by atoms with Crippen LogP contribution < -0.4 is 10.6 Å². The molecule has 0 bridgehead atoms. The molecule has 3 N–H and O–H groups in total. The van der Waals surface area contributed by atoms with E-state index >= 15 is 0 Å². The molecular formula is C35H50N4O6. The van der Waals surface area contributed by atoms with Gasteiger partial charge in [0, 0.05) is 18.3 Å². The van der Waals surface area contributed by atoms with Crippen molar-refractivity contribution in [3.63, 3.8) is 0 Å². The predicted octanol–water partition coefficient (Wildman–Crippen LogP) is 5.98. The highest BCUT2D eigenvalue weighted by atomic mass is 16.5. The zero-order valence-corrected chi connectivity index (χ0v) is 28.2. The van der Waals surface area contributed by atoms with Crippen LogP contribution in [0, 0.1) is 42.4 Å². The van der Waals surface area contributed by atoms with Crippen LogP contribution in [-0.4, -0.2) is 53.7 Å². The van der Waals surface area contributed by atoms with Gasteiger partial charge >= 0.3 is 11.9 Å². The zero-order valence-electron chi connectivity index (χ0n) is 28.2. The van der Waals surface area contributed by atoms with E-state index in [-0.39, 0.29) is 71.1 Å². The van der Waals surface area contributed by atoms with Crippen LogP contribution in [0.3, 0.4) is 0 Å². The maximum absolute atomic E-state index is 13.6. The van der Waals surface area contributed by atoms with Crippen molar-refractivity contribution in [3.05, 3.63) is 33.7 Å². The molecule has 1 aromatic heterocycles. The molecule has 1 amide bonds. The fourth-order valence-corrected chi connectivity index (χ4v) is 7.88. The Balaban J connectivity index is 1.67. The third-order valence-corrected chi connectivity index (χ3v) is 9.71. The minimum Gasteiger partial charge on any atom is -0.458 e. The van der Waals surface area contributed by atoms with Gasteiger partial charge in [0.2, 0.25) is 5.91 Å². The van der Waals surface area contributed by atoms with E-state index in [0.717, 1.165) is 25.7 Å². The van der Waals surface area contributed by atoms with Crippen molar-refractivity contribution >= 4 is 41.9 Å². The number of rotatable bonds is 8. The van der Waals surface area contributed by atoms with Crippen LogP contribution >= 0.6 is 0 Å². The van der Waals surface area contributed by atoms with Crippen LogP contribution in [0.5, 0.6) is 0 Å². The standard InChI is InChI=1S/C35H50N4O6/c1-17-12-19(3)30(20(4)13-17)44-34(42)28-23(7)26(38-32(28)36-10-11-40)16-27-24(8)29(33(39-27)37-25(9)41)35(43)45-31-21(5)14-18(2)15-22(31)6/h11,16-22,30-31,39H,10,12-15H2,1-9H3,(H,36,38)(H,37,41). The summed E-state index contributed by atoms with van der Waals surface area (Å²) in [6.07, 6.45) is 5.94. The maximum Gasteiger partial charge on any atom is 0.342 e. The number of amides is 1. The highest BCUT2D eigenvalue weighted by Crippen LogP contribution is 2.38. The number of aromatic nitrogens is 1. The molecule has 4 atom stereocenters. The van der Waals surface area contributed by atoms with Gasteiger partial charge < -0.3 is 29.9 Å². The first-order chi connectivity index (χ1) is 21.2. The molecule has 246 valence electrons. The minimum absolute atomic E-state index is 0.117. The van der Waals surface area contributed by atoms with Crippen LogP contribution in [0.2, 0.25) is 0 Å². The maximum atomic E-state index is 13.6. The van der Waals surface area contributed by atoms with E-state index in [1.54, 1.807) is 19.9 Å². The molecule has 10 nitrogen and oxygen atoms in total. The lowest BCUT2D eigenvalue weighted by molar-refractivity contribution is -0.152. The normalized spacial score (nSPS) is 31.9. The number of nitrogens with zero attached hydrogens (tertiary/aromatic N) is 1. The molecule has 10 heteroatoms. The molecule has 2 aliphatic carbocycles. The average molecular weight is 623 g/mol. The van der Waals surface area contributed by atoms with Gasteiger partial charge in [-0.3, -0.25) is 9.79 Å². The van der Waals surface area contributed by atoms with Gasteiger partial charge in [-0.05, 0) is 92.3 Å². The Morgan fingerprint density at radius 3 is 1.87 bits per heavy atom. The van der Waals surface area contributed by atoms with E-state index in [0.29, 0.717) is 40.6 Å². The Labute approximate surface area is 266 Å². The number of anilines is 1. The third-order valence-electron chi connectivity index (χ3n) is 9.71. The van der Waals surface area contributed by atoms with Crippen molar-refractivity contribution in [2.24, 2.45) is 40.5 Å². The van der Waals surface area contributed by atoms with Gasteiger partial charge in [-0.2, -0.15) is 0 Å². The molecule has 0 saturated heterocycles. The monoisotopic (exact) mass is 622 g/mol. The number of esters is 2. The van der Waals surface area contributed by atoms with Crippen molar-refractivity contribution < 1.29 is 28.7 Å². The number of aldehydes is 1. The number of amidine groups is 1. The second kappa shape index (κ2) is 14.2. The molecule has 3 aliphatic rings. The topological polar surface area (TPSA) is 139 Å². The number of nitrogens with one attached hydrogen (secondary N) is 3. The second-order valence-corrected chi connectivity index (χ2v) is 13.9. The fourth-order valence-electron chi connectivity index (χ4n) is 7.88. The molecule has 1 aromatic rings. The number of aliphatic imine (C=N–C) groups is 1. The van der Waals surface area contributed by atoms with Gasteiger partial charge in [-0.15, -0.1) is 0 Å². The lowest BCUT2D eigenvalue weighted by Gasteiger charge is -2.37. The number of allylic oxidation sites excluding steroid dienone is 1. The predicted molar refractivity (Wildman–Crippen MR) is 175 cm³/mol. The highest BCUT2D eigenvalue weighted by molar-refractivity contribution is 6.23. The third kappa shape index (κ3) is 7.59. The van der Waals surface area contributed by atoms with E-state index in [4.69, 9.17) is 9.47 Å². The summed E-state index contributed by atoms with van der Waals surface area (Å²) in [5.74, 6) is 1.25. The van der Waals surface area contributed by atoms with Crippen LogP contribution in [-0.2, 0) is 23.9 Å². The molecule has 2 heterocycles. The summed E-state index contributed by atoms with van der Waals surface area (Å²) < 4.78 is 12.2. The number of carbonyl (C=O) groups excluding carboxylic acids is 4. The largest absolute Gasteiger partial charge is 0.458 e. The van der Waals surface area contributed by atoms with Crippen molar-refractivity contribution in [3.8, 4) is 0 Å². The molecule has 2 fully saturated rings. The van der Waals surface area contributed by atoms with Crippen LogP contribution in [0.4, 0.5) is 5.82 Å². The minimum atomic E-state index is -0.496. The Morgan fingerprint density at radius 2 is 1.38 bits per heavy atom. The van der Waals surface area contributed by atoms with E-state index in [1.165, 1.54) is 6.92 Å². The Hall–Kier alpha value is -3.69. The van der Waals surface area contributed by atoms with Gasteiger partial charge in [0.25, 0.3) is 0 Å². The average Bonchev–Trinajstić information content (AvgIpc) is 3.41. The summed E-state index contributed by atoms with van der Waals surface area (Å²) in [5.41, 5.74) is 2.86. The van der Waals surface area contributed by atoms with Crippen molar-refractivity contribution in [2.75, 3.05) is 11.9 Å². The smallest absolute Gasteiger partial charge is 0.342 e. The van der Waals surface area contributed by atoms with Crippen molar-refractivity contribution in [2.45, 2.75) is 100 Å². The molecule has 45 heavy (non-hydrogen) atoms. The summed E-state index contributed by atoms with van der Waals surface area (Å²) >= 11 is 0. The number of hydrogen-bond acceptors (Lipinski definition) is 7. The van der Waals surface area contributed by atoms with Crippen LogP contribution in [0.15, 0.2) is 21.8 Å². The molecule has 1 aliphatic heterocycles. The summed E-state index contributed by atoms with van der Waals surface area (Å²) in [6, 6.07) is 0. The van der Waals surface area contributed by atoms with Crippen LogP contribution in [0.1, 0.15) is 103 Å². The number of carbonyl (C=O) groups is 4. The quantitative estimate of drug-likeness (QED) is 0.239.